The Labute approximate surface area is 74.9 Å². The molecule has 0 saturated carbocycles. The monoisotopic (exact) mass is 175 g/mol. The van der Waals surface area contributed by atoms with Gasteiger partial charge in [-0.2, -0.15) is 9.61 Å². The molecule has 0 radical (unpaired) electrons. The summed E-state index contributed by atoms with van der Waals surface area (Å²) in [6.45, 7) is 3.88. The normalized spacial score (nSPS) is 10.6. The highest BCUT2D eigenvalue weighted by atomic mass is 16.1. The van der Waals surface area contributed by atoms with Gasteiger partial charge in [0.1, 0.15) is 0 Å². The maximum Gasteiger partial charge on any atom is 0.274 e. The van der Waals surface area contributed by atoms with E-state index in [1.807, 2.05) is 13.8 Å². The predicted octanol–water partition coefficient (Wildman–Crippen LogP) is 0.706. The van der Waals surface area contributed by atoms with Crippen LogP contribution in [0.25, 0.3) is 5.65 Å². The van der Waals surface area contributed by atoms with Gasteiger partial charge in [0, 0.05) is 12.3 Å². The minimum Gasteiger partial charge on any atom is -0.267 e. The van der Waals surface area contributed by atoms with Gasteiger partial charge in [0.2, 0.25) is 0 Å². The molecule has 0 saturated heterocycles. The Hall–Kier alpha value is -1.71. The zero-order valence-corrected chi connectivity index (χ0v) is 7.48. The Morgan fingerprint density at radius 3 is 2.92 bits per heavy atom. The lowest BCUT2D eigenvalue weighted by molar-refractivity contribution is 0.851. The van der Waals surface area contributed by atoms with Crippen LogP contribution in [0.2, 0.25) is 0 Å². The molecule has 2 aromatic rings. The first-order valence-electron chi connectivity index (χ1n) is 4.00. The van der Waals surface area contributed by atoms with Crippen LogP contribution in [-0.4, -0.2) is 14.6 Å². The summed E-state index contributed by atoms with van der Waals surface area (Å²) in [6, 6.07) is 1.40. The Bertz CT molecular complexity index is 516. The zero-order valence-electron chi connectivity index (χ0n) is 7.48. The SMILES string of the molecule is Cc1cnn2c(=O)ccnc2c1C. The van der Waals surface area contributed by atoms with E-state index in [1.165, 1.54) is 16.8 Å². The first-order chi connectivity index (χ1) is 6.20. The van der Waals surface area contributed by atoms with Crippen LogP contribution in [0, 0.1) is 13.8 Å². The second-order valence-corrected chi connectivity index (χ2v) is 2.97. The average molecular weight is 175 g/mol. The molecule has 0 aliphatic heterocycles. The van der Waals surface area contributed by atoms with Gasteiger partial charge in [-0.25, -0.2) is 4.98 Å². The second kappa shape index (κ2) is 2.65. The van der Waals surface area contributed by atoms with Gasteiger partial charge in [0.15, 0.2) is 5.65 Å². The van der Waals surface area contributed by atoms with E-state index >= 15 is 0 Å². The molecule has 4 nitrogen and oxygen atoms in total. The van der Waals surface area contributed by atoms with E-state index in [2.05, 4.69) is 10.1 Å². The van der Waals surface area contributed by atoms with Crippen molar-refractivity contribution in [2.45, 2.75) is 13.8 Å². The summed E-state index contributed by atoms with van der Waals surface area (Å²) in [5.74, 6) is 0. The van der Waals surface area contributed by atoms with Crippen LogP contribution in [0.1, 0.15) is 11.1 Å². The summed E-state index contributed by atoms with van der Waals surface area (Å²) in [7, 11) is 0. The first-order valence-corrected chi connectivity index (χ1v) is 4.00. The van der Waals surface area contributed by atoms with E-state index in [0.29, 0.717) is 5.65 Å². The molecule has 0 unspecified atom stereocenters. The minimum absolute atomic E-state index is 0.145. The molecule has 0 aromatic carbocycles. The number of aryl methyl sites for hydroxylation is 2. The van der Waals surface area contributed by atoms with Gasteiger partial charge in [-0.3, -0.25) is 4.79 Å². The fourth-order valence-corrected chi connectivity index (χ4v) is 1.19. The van der Waals surface area contributed by atoms with Crippen LogP contribution >= 0.6 is 0 Å². The van der Waals surface area contributed by atoms with Crippen LogP contribution in [0.15, 0.2) is 23.3 Å². The summed E-state index contributed by atoms with van der Waals surface area (Å²) in [5.41, 5.74) is 2.52. The second-order valence-electron chi connectivity index (χ2n) is 2.97. The van der Waals surface area contributed by atoms with Gasteiger partial charge >= 0.3 is 0 Å². The molecular weight excluding hydrogens is 166 g/mol. The summed E-state index contributed by atoms with van der Waals surface area (Å²) in [5, 5.41) is 3.98. The van der Waals surface area contributed by atoms with Crippen molar-refractivity contribution in [3.8, 4) is 0 Å². The van der Waals surface area contributed by atoms with Crippen LogP contribution in [0.4, 0.5) is 0 Å². The smallest absolute Gasteiger partial charge is 0.267 e. The lowest BCUT2D eigenvalue weighted by Crippen LogP contribution is -2.16. The topological polar surface area (TPSA) is 47.3 Å². The van der Waals surface area contributed by atoms with Crippen molar-refractivity contribution in [3.63, 3.8) is 0 Å². The molecule has 66 valence electrons. The van der Waals surface area contributed by atoms with Gasteiger partial charge in [0.05, 0.1) is 6.20 Å². The van der Waals surface area contributed by atoms with Crippen molar-refractivity contribution < 1.29 is 0 Å². The van der Waals surface area contributed by atoms with Crippen molar-refractivity contribution in [2.24, 2.45) is 0 Å². The highest BCUT2D eigenvalue weighted by molar-refractivity contribution is 5.47. The van der Waals surface area contributed by atoms with E-state index < -0.39 is 0 Å². The van der Waals surface area contributed by atoms with Crippen LogP contribution in [0.5, 0.6) is 0 Å². The Morgan fingerprint density at radius 1 is 1.38 bits per heavy atom. The third-order valence-electron chi connectivity index (χ3n) is 2.12. The molecule has 2 aromatic heterocycles. The fraction of sp³-hybridized carbons (Fsp3) is 0.222. The van der Waals surface area contributed by atoms with Crippen LogP contribution in [-0.2, 0) is 0 Å². The van der Waals surface area contributed by atoms with E-state index in [-0.39, 0.29) is 5.56 Å². The minimum atomic E-state index is -0.145. The van der Waals surface area contributed by atoms with Crippen molar-refractivity contribution in [2.75, 3.05) is 0 Å². The van der Waals surface area contributed by atoms with Crippen LogP contribution < -0.4 is 5.56 Å². The average Bonchev–Trinajstić information content (AvgIpc) is 2.12. The highest BCUT2D eigenvalue weighted by Gasteiger charge is 2.02. The standard InChI is InChI=1S/C9H9N3O/c1-6-5-11-12-8(13)3-4-10-9(12)7(6)2/h3-5H,1-2H3. The zero-order chi connectivity index (χ0) is 9.42. The van der Waals surface area contributed by atoms with E-state index in [4.69, 9.17) is 0 Å². The third-order valence-corrected chi connectivity index (χ3v) is 2.12. The maximum absolute atomic E-state index is 11.3. The number of aromatic nitrogens is 3. The molecule has 0 N–H and O–H groups in total. The highest BCUT2D eigenvalue weighted by Crippen LogP contribution is 2.07. The Balaban J connectivity index is 3.03. The lowest BCUT2D eigenvalue weighted by atomic mass is 10.2. The number of fused-ring (bicyclic) bond motifs is 1. The van der Waals surface area contributed by atoms with Gasteiger partial charge in [0.25, 0.3) is 5.56 Å². The molecule has 0 amide bonds. The molecule has 2 heterocycles. The molecule has 0 bridgehead atoms. The van der Waals surface area contributed by atoms with Crippen molar-refractivity contribution in [1.82, 2.24) is 14.6 Å². The number of hydrogen-bond donors (Lipinski definition) is 0. The molecule has 13 heavy (non-hydrogen) atoms. The van der Waals surface area contributed by atoms with Crippen molar-refractivity contribution >= 4 is 5.65 Å². The number of nitrogens with zero attached hydrogens (tertiary/aromatic N) is 3. The molecule has 4 heteroatoms. The Morgan fingerprint density at radius 2 is 2.15 bits per heavy atom. The van der Waals surface area contributed by atoms with E-state index in [0.717, 1.165) is 11.1 Å². The Kier molecular flexibility index (Phi) is 1.62. The third kappa shape index (κ3) is 1.11. The van der Waals surface area contributed by atoms with Gasteiger partial charge in [-0.1, -0.05) is 0 Å². The number of rotatable bonds is 0. The maximum atomic E-state index is 11.3. The first kappa shape index (κ1) is 7.91. The summed E-state index contributed by atoms with van der Waals surface area (Å²) < 4.78 is 1.31. The summed E-state index contributed by atoms with van der Waals surface area (Å²) >= 11 is 0. The van der Waals surface area contributed by atoms with Crippen molar-refractivity contribution in [1.29, 1.82) is 0 Å². The lowest BCUT2D eigenvalue weighted by Gasteiger charge is -2.03. The summed E-state index contributed by atoms with van der Waals surface area (Å²) in [6.07, 6.45) is 3.18. The molecule has 0 aliphatic rings. The fourth-order valence-electron chi connectivity index (χ4n) is 1.19. The van der Waals surface area contributed by atoms with E-state index in [1.54, 1.807) is 6.20 Å². The van der Waals surface area contributed by atoms with Crippen molar-refractivity contribution in [3.05, 3.63) is 39.9 Å². The molecule has 0 fully saturated rings. The van der Waals surface area contributed by atoms with Gasteiger partial charge in [-0.05, 0) is 25.0 Å². The largest absolute Gasteiger partial charge is 0.274 e. The molecular formula is C9H9N3O. The molecule has 0 spiro atoms. The molecule has 2 rings (SSSR count). The van der Waals surface area contributed by atoms with Gasteiger partial charge < -0.3 is 0 Å². The molecule has 0 aliphatic carbocycles. The quantitative estimate of drug-likeness (QED) is 0.592. The molecule has 0 atom stereocenters. The van der Waals surface area contributed by atoms with Crippen LogP contribution in [0.3, 0.4) is 0 Å². The van der Waals surface area contributed by atoms with E-state index in [9.17, 15) is 4.79 Å². The number of hydrogen-bond acceptors (Lipinski definition) is 3. The summed E-state index contributed by atoms with van der Waals surface area (Å²) in [4.78, 5) is 15.4. The predicted molar refractivity (Wildman–Crippen MR) is 48.7 cm³/mol. The van der Waals surface area contributed by atoms with Gasteiger partial charge in [-0.15, -0.1) is 0 Å².